The van der Waals surface area contributed by atoms with E-state index in [0.717, 1.165) is 5.01 Å². The van der Waals surface area contributed by atoms with Gasteiger partial charge in [-0.2, -0.15) is 4.37 Å². The Bertz CT molecular complexity index is 414. The van der Waals surface area contributed by atoms with Gasteiger partial charge in [-0.25, -0.2) is 13.4 Å². The Morgan fingerprint density at radius 1 is 1.54 bits per heavy atom. The maximum Gasteiger partial charge on any atom is 0.203 e. The molecule has 0 radical (unpaired) electrons. The minimum Gasteiger partial charge on any atom is -0.229 e. The van der Waals surface area contributed by atoms with Crippen LogP contribution in [0, 0.1) is 3.83 Å². The predicted octanol–water partition coefficient (Wildman–Crippen LogP) is 1.04. The standard InChI is InChI=1S/C6H7IN2O2S2/c7-6-8-5(12-9-6)4-1-2-13(10,11)3-4/h4H,1-3H2. The number of aromatic nitrogens is 2. The van der Waals surface area contributed by atoms with E-state index < -0.39 is 9.84 Å². The average molecular weight is 330 g/mol. The molecule has 0 amide bonds. The van der Waals surface area contributed by atoms with Gasteiger partial charge in [0, 0.05) is 28.5 Å². The van der Waals surface area contributed by atoms with Crippen molar-refractivity contribution in [3.05, 3.63) is 8.84 Å². The zero-order chi connectivity index (χ0) is 9.47. The van der Waals surface area contributed by atoms with E-state index >= 15 is 0 Å². The molecule has 2 heterocycles. The highest BCUT2D eigenvalue weighted by molar-refractivity contribution is 14.1. The summed E-state index contributed by atoms with van der Waals surface area (Å²) >= 11 is 3.35. The molecule has 1 aliphatic heterocycles. The fourth-order valence-electron chi connectivity index (χ4n) is 1.37. The van der Waals surface area contributed by atoms with Crippen LogP contribution in [0.2, 0.25) is 0 Å². The topological polar surface area (TPSA) is 59.9 Å². The average Bonchev–Trinajstić information content (AvgIpc) is 2.56. The third-order valence-electron chi connectivity index (χ3n) is 2.00. The molecular weight excluding hydrogens is 323 g/mol. The van der Waals surface area contributed by atoms with Crippen LogP contribution in [0.15, 0.2) is 0 Å². The lowest BCUT2D eigenvalue weighted by atomic mass is 10.1. The molecule has 1 aromatic heterocycles. The van der Waals surface area contributed by atoms with E-state index in [9.17, 15) is 8.42 Å². The van der Waals surface area contributed by atoms with E-state index in [1.807, 2.05) is 22.6 Å². The van der Waals surface area contributed by atoms with Gasteiger partial charge in [0.25, 0.3) is 0 Å². The summed E-state index contributed by atoms with van der Waals surface area (Å²) < 4.78 is 27.1. The number of nitrogens with zero attached hydrogens (tertiary/aromatic N) is 2. The summed E-state index contributed by atoms with van der Waals surface area (Å²) in [6.45, 7) is 0. The molecule has 0 aromatic carbocycles. The monoisotopic (exact) mass is 330 g/mol. The maximum absolute atomic E-state index is 11.2. The maximum atomic E-state index is 11.2. The molecule has 0 saturated carbocycles. The van der Waals surface area contributed by atoms with Gasteiger partial charge in [-0.15, -0.1) is 0 Å². The van der Waals surface area contributed by atoms with E-state index in [0.29, 0.717) is 16.0 Å². The summed E-state index contributed by atoms with van der Waals surface area (Å²) in [4.78, 5) is 4.19. The van der Waals surface area contributed by atoms with E-state index in [-0.39, 0.29) is 11.7 Å². The van der Waals surface area contributed by atoms with Crippen LogP contribution >= 0.6 is 34.1 Å². The lowest BCUT2D eigenvalue weighted by molar-refractivity contribution is 0.601. The number of sulfone groups is 1. The first-order valence-electron chi connectivity index (χ1n) is 3.76. The number of rotatable bonds is 1. The minimum atomic E-state index is -2.80. The second kappa shape index (κ2) is 3.43. The zero-order valence-corrected chi connectivity index (χ0v) is 10.4. The Morgan fingerprint density at radius 2 is 2.31 bits per heavy atom. The van der Waals surface area contributed by atoms with Gasteiger partial charge in [0.05, 0.1) is 11.5 Å². The third kappa shape index (κ3) is 2.18. The Balaban J connectivity index is 2.21. The van der Waals surface area contributed by atoms with E-state index in [1.54, 1.807) is 0 Å². The first-order valence-corrected chi connectivity index (χ1v) is 7.44. The molecule has 0 spiro atoms. The van der Waals surface area contributed by atoms with Gasteiger partial charge in [0.1, 0.15) is 5.01 Å². The molecule has 7 heteroatoms. The van der Waals surface area contributed by atoms with E-state index in [1.165, 1.54) is 11.5 Å². The summed E-state index contributed by atoms with van der Waals surface area (Å²) in [5, 5.41) is 0.866. The smallest absolute Gasteiger partial charge is 0.203 e. The van der Waals surface area contributed by atoms with Crippen LogP contribution in [-0.4, -0.2) is 29.3 Å². The quantitative estimate of drug-likeness (QED) is 0.722. The summed E-state index contributed by atoms with van der Waals surface area (Å²) in [5.74, 6) is 0.637. The Hall–Kier alpha value is 0.240. The molecule has 1 aliphatic rings. The van der Waals surface area contributed by atoms with Crippen LogP contribution in [0.3, 0.4) is 0 Å². The van der Waals surface area contributed by atoms with Crippen molar-refractivity contribution < 1.29 is 8.42 Å². The van der Waals surface area contributed by atoms with Crippen LogP contribution in [0.25, 0.3) is 0 Å². The molecule has 1 aromatic rings. The van der Waals surface area contributed by atoms with Gasteiger partial charge in [0.15, 0.2) is 9.84 Å². The first kappa shape index (κ1) is 9.78. The molecule has 0 N–H and O–H groups in total. The molecule has 0 aliphatic carbocycles. The lowest BCUT2D eigenvalue weighted by Crippen LogP contribution is -2.03. The number of hydrogen-bond acceptors (Lipinski definition) is 5. The summed E-state index contributed by atoms with van der Waals surface area (Å²) in [7, 11) is -2.80. The first-order chi connectivity index (χ1) is 6.07. The van der Waals surface area contributed by atoms with Crippen LogP contribution in [0.4, 0.5) is 0 Å². The SMILES string of the molecule is O=S1(=O)CCC(c2nc(I)ns2)C1. The largest absolute Gasteiger partial charge is 0.229 e. The molecule has 0 bridgehead atoms. The van der Waals surface area contributed by atoms with Crippen molar-refractivity contribution in [3.8, 4) is 0 Å². The van der Waals surface area contributed by atoms with Crippen molar-refractivity contribution in [2.75, 3.05) is 11.5 Å². The molecule has 1 unspecified atom stereocenters. The van der Waals surface area contributed by atoms with Crippen molar-refractivity contribution in [1.82, 2.24) is 9.36 Å². The van der Waals surface area contributed by atoms with Crippen LogP contribution in [-0.2, 0) is 9.84 Å². The summed E-state index contributed by atoms with van der Waals surface area (Å²) in [5.41, 5.74) is 0. The molecule has 72 valence electrons. The number of halogens is 1. The molecule has 1 atom stereocenters. The van der Waals surface area contributed by atoms with Crippen LogP contribution in [0.1, 0.15) is 17.3 Å². The van der Waals surface area contributed by atoms with Crippen molar-refractivity contribution in [2.24, 2.45) is 0 Å². The highest BCUT2D eigenvalue weighted by atomic mass is 127. The molecule has 4 nitrogen and oxygen atoms in total. The summed E-state index contributed by atoms with van der Waals surface area (Å²) in [6.07, 6.45) is 0.702. The Kier molecular flexibility index (Phi) is 2.58. The Morgan fingerprint density at radius 3 is 2.77 bits per heavy atom. The van der Waals surface area contributed by atoms with E-state index in [4.69, 9.17) is 0 Å². The highest BCUT2D eigenvalue weighted by Gasteiger charge is 2.31. The number of hydrogen-bond donors (Lipinski definition) is 0. The minimum absolute atomic E-state index is 0.0889. The predicted molar refractivity (Wildman–Crippen MR) is 58.6 cm³/mol. The normalized spacial score (nSPS) is 26.4. The van der Waals surface area contributed by atoms with Crippen LogP contribution in [0.5, 0.6) is 0 Å². The van der Waals surface area contributed by atoms with Gasteiger partial charge in [-0.05, 0) is 18.0 Å². The highest BCUT2D eigenvalue weighted by Crippen LogP contribution is 2.29. The van der Waals surface area contributed by atoms with Crippen LogP contribution < -0.4 is 0 Å². The molecule has 13 heavy (non-hydrogen) atoms. The fourth-order valence-corrected chi connectivity index (χ4v) is 4.63. The molecular formula is C6H7IN2O2S2. The second-order valence-electron chi connectivity index (χ2n) is 3.00. The van der Waals surface area contributed by atoms with Gasteiger partial charge >= 0.3 is 0 Å². The van der Waals surface area contributed by atoms with Gasteiger partial charge in [-0.3, -0.25) is 0 Å². The summed E-state index contributed by atoms with van der Waals surface area (Å²) in [6, 6.07) is 0. The molecule has 1 saturated heterocycles. The van der Waals surface area contributed by atoms with Gasteiger partial charge < -0.3 is 0 Å². The molecule has 1 fully saturated rings. The van der Waals surface area contributed by atoms with Crippen molar-refractivity contribution >= 4 is 44.0 Å². The van der Waals surface area contributed by atoms with Gasteiger partial charge in [-0.1, -0.05) is 0 Å². The Labute approximate surface area is 94.0 Å². The van der Waals surface area contributed by atoms with Crippen molar-refractivity contribution in [1.29, 1.82) is 0 Å². The second-order valence-corrected chi connectivity index (χ2v) is 6.98. The molecule has 2 rings (SSSR count). The van der Waals surface area contributed by atoms with Crippen molar-refractivity contribution in [2.45, 2.75) is 12.3 Å². The zero-order valence-electron chi connectivity index (χ0n) is 6.60. The fraction of sp³-hybridized carbons (Fsp3) is 0.667. The van der Waals surface area contributed by atoms with Crippen molar-refractivity contribution in [3.63, 3.8) is 0 Å². The van der Waals surface area contributed by atoms with Gasteiger partial charge in [0.2, 0.25) is 3.83 Å². The lowest BCUT2D eigenvalue weighted by Gasteiger charge is -1.99. The third-order valence-corrected chi connectivity index (χ3v) is 5.45. The van der Waals surface area contributed by atoms with E-state index in [2.05, 4.69) is 9.36 Å².